The Kier molecular flexibility index (Phi) is 5.19. The van der Waals surface area contributed by atoms with Gasteiger partial charge in [0.2, 0.25) is 0 Å². The molecule has 3 atom stereocenters. The minimum atomic E-state index is -4.33. The molecule has 2 aliphatic heterocycles. The van der Waals surface area contributed by atoms with Crippen LogP contribution in [0.2, 0.25) is 0 Å². The first-order valence-corrected chi connectivity index (χ1v) is 10.3. The lowest BCUT2D eigenvalue weighted by Crippen LogP contribution is -2.61. The van der Waals surface area contributed by atoms with Gasteiger partial charge in [-0.25, -0.2) is 0 Å². The van der Waals surface area contributed by atoms with E-state index in [4.69, 9.17) is 9.72 Å². The second kappa shape index (κ2) is 7.32. The van der Waals surface area contributed by atoms with Gasteiger partial charge in [-0.1, -0.05) is 12.1 Å². The number of benzene rings is 1. The Morgan fingerprint density at radius 1 is 1.13 bits per heavy atom. The van der Waals surface area contributed by atoms with Crippen molar-refractivity contribution < 1.29 is 17.9 Å². The molecular weight excluding hydrogens is 391 g/mol. The van der Waals surface area contributed by atoms with Crippen molar-refractivity contribution >= 4 is 0 Å². The molecule has 30 heavy (non-hydrogen) atoms. The number of nitrogens with zero attached hydrogens (tertiary/aromatic N) is 2. The molecule has 1 unspecified atom stereocenters. The molecule has 2 fully saturated rings. The number of rotatable bonds is 3. The molecule has 2 aliphatic rings. The minimum Gasteiger partial charge on any atom is -0.362 e. The maximum Gasteiger partial charge on any atom is 0.416 e. The van der Waals surface area contributed by atoms with Gasteiger partial charge in [-0.05, 0) is 82.1 Å². The zero-order valence-corrected chi connectivity index (χ0v) is 17.8. The number of alkyl halides is 3. The number of nitrogens with one attached hydrogen (secondary N) is 1. The Morgan fingerprint density at radius 2 is 1.83 bits per heavy atom. The Balaban J connectivity index is 1.66. The lowest BCUT2D eigenvalue weighted by Gasteiger charge is -2.45. The van der Waals surface area contributed by atoms with Crippen molar-refractivity contribution in [2.45, 2.75) is 56.6 Å². The molecule has 0 aliphatic carbocycles. The maximum absolute atomic E-state index is 12.9. The van der Waals surface area contributed by atoms with Crippen molar-refractivity contribution in [3.8, 4) is 11.1 Å². The van der Waals surface area contributed by atoms with Crippen LogP contribution < -0.4 is 5.32 Å². The molecule has 4 rings (SSSR count). The van der Waals surface area contributed by atoms with E-state index in [0.717, 1.165) is 60.5 Å². The standard InChI is InChI=1S/C23H28F3N3O/c1-15-13-17(16-5-7-18(8-6-16)23(24,25)26)14-19(28-15)20-9-10-22(29(20)3)11-12-27-21(22,2)30-4/h5-8,13-14,20,27H,9-12H2,1-4H3/t20-,21?,22+/m0/s1. The SMILES string of the molecule is COC1(C)NCC[C@]12CC[C@@H](c1cc(-c3ccc(C(F)(F)F)cc3)cc(C)n1)N2C. The zero-order chi connectivity index (χ0) is 21.7. The highest BCUT2D eigenvalue weighted by Gasteiger charge is 2.59. The molecular formula is C23H28F3N3O. The van der Waals surface area contributed by atoms with Gasteiger partial charge in [0.1, 0.15) is 5.72 Å². The van der Waals surface area contributed by atoms with E-state index in [-0.39, 0.29) is 11.6 Å². The van der Waals surface area contributed by atoms with Crippen LogP contribution in [0.5, 0.6) is 0 Å². The smallest absolute Gasteiger partial charge is 0.362 e. The van der Waals surface area contributed by atoms with Gasteiger partial charge in [0, 0.05) is 12.8 Å². The third kappa shape index (κ3) is 3.33. The summed E-state index contributed by atoms with van der Waals surface area (Å²) in [4.78, 5) is 7.18. The molecule has 1 spiro atoms. The van der Waals surface area contributed by atoms with Crippen molar-refractivity contribution in [3.05, 3.63) is 53.3 Å². The number of pyridine rings is 1. The lowest BCUT2D eigenvalue weighted by atomic mass is 9.85. The van der Waals surface area contributed by atoms with Gasteiger partial charge in [0.25, 0.3) is 0 Å². The predicted octanol–water partition coefficient (Wildman–Crippen LogP) is 4.94. The lowest BCUT2D eigenvalue weighted by molar-refractivity contribution is -0.137. The van der Waals surface area contributed by atoms with Crippen LogP contribution in [0.15, 0.2) is 36.4 Å². The van der Waals surface area contributed by atoms with Crippen LogP contribution in [0.1, 0.15) is 49.2 Å². The van der Waals surface area contributed by atoms with Crippen LogP contribution >= 0.6 is 0 Å². The molecule has 1 aromatic carbocycles. The van der Waals surface area contributed by atoms with Crippen LogP contribution in [-0.2, 0) is 10.9 Å². The molecule has 7 heteroatoms. The Hall–Kier alpha value is -1.96. The van der Waals surface area contributed by atoms with Crippen LogP contribution in [0.4, 0.5) is 13.2 Å². The third-order valence-electron chi connectivity index (χ3n) is 7.13. The highest BCUT2D eigenvalue weighted by molar-refractivity contribution is 5.64. The number of halogens is 3. The molecule has 0 bridgehead atoms. The van der Waals surface area contributed by atoms with Crippen LogP contribution in [0, 0.1) is 6.92 Å². The molecule has 2 saturated heterocycles. The molecule has 1 aromatic heterocycles. The average Bonchev–Trinajstić information content (AvgIpc) is 3.22. The van der Waals surface area contributed by atoms with E-state index in [1.165, 1.54) is 12.1 Å². The Bertz CT molecular complexity index is 930. The molecule has 162 valence electrons. The van der Waals surface area contributed by atoms with Gasteiger partial charge in [0.15, 0.2) is 0 Å². The zero-order valence-electron chi connectivity index (χ0n) is 17.8. The van der Waals surface area contributed by atoms with E-state index in [0.29, 0.717) is 0 Å². The number of likely N-dealkylation sites (tertiary alicyclic amines) is 1. The van der Waals surface area contributed by atoms with Crippen LogP contribution in [-0.4, -0.2) is 41.9 Å². The molecule has 0 saturated carbocycles. The summed E-state index contributed by atoms with van der Waals surface area (Å²) >= 11 is 0. The van der Waals surface area contributed by atoms with Gasteiger partial charge < -0.3 is 4.74 Å². The van der Waals surface area contributed by atoms with E-state index >= 15 is 0 Å². The van der Waals surface area contributed by atoms with E-state index in [9.17, 15) is 13.2 Å². The number of ether oxygens (including phenoxy) is 1. The third-order valence-corrected chi connectivity index (χ3v) is 7.13. The van der Waals surface area contributed by atoms with E-state index in [2.05, 4.69) is 24.2 Å². The van der Waals surface area contributed by atoms with E-state index in [1.54, 1.807) is 7.11 Å². The first-order chi connectivity index (χ1) is 14.1. The topological polar surface area (TPSA) is 37.4 Å². The van der Waals surface area contributed by atoms with Gasteiger partial charge >= 0.3 is 6.18 Å². The minimum absolute atomic E-state index is 0.105. The first kappa shape index (κ1) is 21.3. The summed E-state index contributed by atoms with van der Waals surface area (Å²) in [6.45, 7) is 4.94. The first-order valence-electron chi connectivity index (χ1n) is 10.3. The highest BCUT2D eigenvalue weighted by atomic mass is 19.4. The predicted molar refractivity (Wildman–Crippen MR) is 110 cm³/mol. The van der Waals surface area contributed by atoms with Gasteiger partial charge in [-0.3, -0.25) is 15.2 Å². The second-order valence-electron chi connectivity index (χ2n) is 8.61. The van der Waals surface area contributed by atoms with Crippen molar-refractivity contribution in [1.82, 2.24) is 15.2 Å². The number of hydrogen-bond donors (Lipinski definition) is 1. The van der Waals surface area contributed by atoms with Crippen LogP contribution in [0.3, 0.4) is 0 Å². The number of aryl methyl sites for hydroxylation is 1. The molecule has 1 N–H and O–H groups in total. The molecule has 0 radical (unpaired) electrons. The number of likely N-dealkylation sites (N-methyl/N-ethyl adjacent to an activating group) is 1. The summed E-state index contributed by atoms with van der Waals surface area (Å²) in [5, 5.41) is 3.51. The van der Waals surface area contributed by atoms with Gasteiger partial charge in [-0.15, -0.1) is 0 Å². The maximum atomic E-state index is 12.9. The van der Waals surface area contributed by atoms with Crippen molar-refractivity contribution in [3.63, 3.8) is 0 Å². The van der Waals surface area contributed by atoms with Crippen LogP contribution in [0.25, 0.3) is 11.1 Å². The van der Waals surface area contributed by atoms with E-state index < -0.39 is 17.5 Å². The Labute approximate surface area is 175 Å². The van der Waals surface area contributed by atoms with Crippen molar-refractivity contribution in [2.75, 3.05) is 20.7 Å². The fraction of sp³-hybridized carbons (Fsp3) is 0.522. The van der Waals surface area contributed by atoms with Crippen molar-refractivity contribution in [2.24, 2.45) is 0 Å². The molecule has 3 heterocycles. The quantitative estimate of drug-likeness (QED) is 0.765. The second-order valence-corrected chi connectivity index (χ2v) is 8.61. The molecule has 0 amide bonds. The van der Waals surface area contributed by atoms with Crippen molar-refractivity contribution in [1.29, 1.82) is 0 Å². The van der Waals surface area contributed by atoms with E-state index in [1.807, 2.05) is 19.1 Å². The van der Waals surface area contributed by atoms with Gasteiger partial charge in [-0.2, -0.15) is 13.2 Å². The number of hydrogen-bond acceptors (Lipinski definition) is 4. The monoisotopic (exact) mass is 419 g/mol. The largest absolute Gasteiger partial charge is 0.416 e. The summed E-state index contributed by atoms with van der Waals surface area (Å²) in [5.74, 6) is 0. The fourth-order valence-corrected chi connectivity index (χ4v) is 5.32. The molecule has 4 nitrogen and oxygen atoms in total. The number of methoxy groups -OCH3 is 1. The summed E-state index contributed by atoms with van der Waals surface area (Å²) in [6.07, 6.45) is -1.37. The Morgan fingerprint density at radius 3 is 2.47 bits per heavy atom. The average molecular weight is 419 g/mol. The summed E-state index contributed by atoms with van der Waals surface area (Å²) in [7, 11) is 3.87. The molecule has 2 aromatic rings. The fourth-order valence-electron chi connectivity index (χ4n) is 5.32. The highest BCUT2D eigenvalue weighted by Crippen LogP contribution is 2.51. The number of aromatic nitrogens is 1. The summed E-state index contributed by atoms with van der Waals surface area (Å²) in [6, 6.07) is 9.40. The normalized spacial score (nSPS) is 29.8. The van der Waals surface area contributed by atoms with Gasteiger partial charge in [0.05, 0.1) is 22.8 Å². The summed E-state index contributed by atoms with van der Waals surface area (Å²) in [5.41, 5.74) is 2.30. The summed E-state index contributed by atoms with van der Waals surface area (Å²) < 4.78 is 44.6.